The molecule has 1 unspecified atom stereocenters. The smallest absolute Gasteiger partial charge is 0.337 e. The van der Waals surface area contributed by atoms with Crippen LogP contribution in [0.4, 0.5) is 13.2 Å². The summed E-state index contributed by atoms with van der Waals surface area (Å²) in [5.74, 6) is 0.0832. The molecule has 1 fully saturated rings. The molecule has 2 amide bonds. The second kappa shape index (κ2) is 9.10. The van der Waals surface area contributed by atoms with Gasteiger partial charge in [-0.15, -0.1) is 11.3 Å². The van der Waals surface area contributed by atoms with Crippen LogP contribution < -0.4 is 0 Å². The Labute approximate surface area is 196 Å². The van der Waals surface area contributed by atoms with E-state index in [-0.39, 0.29) is 30.5 Å². The molecule has 33 heavy (non-hydrogen) atoms. The second-order valence-corrected chi connectivity index (χ2v) is 8.90. The number of H-pyrrole nitrogens is 1. The number of amides is 2. The molecule has 4 rings (SSSR count). The maximum absolute atomic E-state index is 13.2. The van der Waals surface area contributed by atoms with Gasteiger partial charge in [-0.3, -0.25) is 19.3 Å². The topological polar surface area (TPSA) is 74.2 Å². The molecule has 1 atom stereocenters. The number of carbonyl (C=O) groups excluding carboxylic acids is 2. The molecule has 1 aromatic carbocycles. The summed E-state index contributed by atoms with van der Waals surface area (Å²) in [5, 5.41) is 8.92. The highest BCUT2D eigenvalue weighted by Crippen LogP contribution is 2.29. The summed E-state index contributed by atoms with van der Waals surface area (Å²) >= 11 is 6.83. The number of thiophene rings is 1. The molecule has 1 N–H and O–H groups in total. The van der Waals surface area contributed by atoms with Gasteiger partial charge in [0.25, 0.3) is 5.91 Å². The van der Waals surface area contributed by atoms with Gasteiger partial charge in [-0.1, -0.05) is 6.07 Å². The van der Waals surface area contributed by atoms with Crippen LogP contribution >= 0.6 is 23.6 Å². The van der Waals surface area contributed by atoms with Crippen LogP contribution in [0.2, 0.25) is 0 Å². The Morgan fingerprint density at radius 2 is 1.73 bits per heavy atom. The van der Waals surface area contributed by atoms with Gasteiger partial charge in [0.15, 0.2) is 10.6 Å². The van der Waals surface area contributed by atoms with Gasteiger partial charge in [-0.05, 0) is 54.9 Å². The predicted octanol–water partition coefficient (Wildman–Crippen LogP) is 4.23. The van der Waals surface area contributed by atoms with Crippen molar-refractivity contribution in [1.82, 2.24) is 24.6 Å². The number of piperazine rings is 1. The van der Waals surface area contributed by atoms with E-state index < -0.39 is 17.8 Å². The van der Waals surface area contributed by atoms with E-state index >= 15 is 0 Å². The first-order valence-corrected chi connectivity index (χ1v) is 11.4. The zero-order valence-corrected chi connectivity index (χ0v) is 19.1. The van der Waals surface area contributed by atoms with Crippen LogP contribution in [0.5, 0.6) is 0 Å². The minimum absolute atomic E-state index is 0.146. The van der Waals surface area contributed by atoms with Crippen molar-refractivity contribution in [3.05, 3.63) is 57.7 Å². The monoisotopic (exact) mass is 495 g/mol. The molecular formula is C21H20F3N5O2S2. The van der Waals surface area contributed by atoms with Crippen LogP contribution in [-0.4, -0.2) is 62.6 Å². The average Bonchev–Trinajstić information content (AvgIpc) is 3.47. The van der Waals surface area contributed by atoms with Crippen molar-refractivity contribution in [2.24, 2.45) is 0 Å². The fraction of sp³-hybridized carbons (Fsp3) is 0.333. The minimum atomic E-state index is -4.45. The summed E-state index contributed by atoms with van der Waals surface area (Å²) in [6.45, 7) is 2.95. The maximum atomic E-state index is 13.2. The highest BCUT2D eigenvalue weighted by molar-refractivity contribution is 7.71. The molecule has 1 saturated heterocycles. The third-order valence-electron chi connectivity index (χ3n) is 5.53. The Morgan fingerprint density at radius 3 is 2.30 bits per heavy atom. The molecule has 1 aliphatic heterocycles. The van der Waals surface area contributed by atoms with Crippen LogP contribution in [0, 0.1) is 4.77 Å². The van der Waals surface area contributed by atoms with E-state index in [2.05, 4.69) is 10.2 Å². The number of rotatable bonds is 4. The summed E-state index contributed by atoms with van der Waals surface area (Å²) in [7, 11) is 0. The van der Waals surface area contributed by atoms with Gasteiger partial charge >= 0.3 is 6.18 Å². The molecule has 1 aliphatic rings. The van der Waals surface area contributed by atoms with Gasteiger partial charge in [-0.25, -0.2) is 0 Å². The molecule has 0 saturated carbocycles. The Bertz CT molecular complexity index is 1190. The van der Waals surface area contributed by atoms with Gasteiger partial charge < -0.3 is 9.80 Å². The van der Waals surface area contributed by atoms with Crippen LogP contribution in [0.1, 0.15) is 28.9 Å². The van der Waals surface area contributed by atoms with Crippen molar-refractivity contribution in [3.63, 3.8) is 0 Å². The number of aromatic amines is 1. The van der Waals surface area contributed by atoms with E-state index in [1.165, 1.54) is 28.4 Å². The van der Waals surface area contributed by atoms with E-state index in [1.54, 1.807) is 16.4 Å². The number of nitrogens with zero attached hydrogens (tertiary/aromatic N) is 4. The molecule has 7 nitrogen and oxygen atoms in total. The first-order valence-electron chi connectivity index (χ1n) is 10.1. The standard InChI is InChI=1S/C21H20F3N5O2S2/c1-13(29-17(25-26-20(29)32)16-3-2-12-33-16)18(30)27-8-10-28(11-9-27)19(31)14-4-6-15(7-5-14)21(22,23)24/h2-7,12-13H,8-11H2,1H3,(H,26,32). The second-order valence-electron chi connectivity index (χ2n) is 7.57. The number of hydrogen-bond donors (Lipinski definition) is 1. The lowest BCUT2D eigenvalue weighted by Gasteiger charge is -2.36. The van der Waals surface area contributed by atoms with Crippen molar-refractivity contribution in [2.45, 2.75) is 19.1 Å². The first kappa shape index (κ1) is 23.2. The lowest BCUT2D eigenvalue weighted by molar-refractivity contribution is -0.137. The van der Waals surface area contributed by atoms with Crippen molar-refractivity contribution in [3.8, 4) is 10.7 Å². The highest BCUT2D eigenvalue weighted by atomic mass is 32.1. The Hall–Kier alpha value is -2.99. The third kappa shape index (κ3) is 4.71. The normalized spacial score (nSPS) is 15.5. The van der Waals surface area contributed by atoms with Gasteiger partial charge in [0.1, 0.15) is 6.04 Å². The lowest BCUT2D eigenvalue weighted by Crippen LogP contribution is -2.52. The number of aromatic nitrogens is 3. The average molecular weight is 496 g/mol. The zero-order chi connectivity index (χ0) is 23.8. The Balaban J connectivity index is 1.41. The number of carbonyl (C=O) groups is 2. The van der Waals surface area contributed by atoms with E-state index in [4.69, 9.17) is 12.2 Å². The third-order valence-corrected chi connectivity index (χ3v) is 6.68. The van der Waals surface area contributed by atoms with Crippen LogP contribution in [-0.2, 0) is 11.0 Å². The SMILES string of the molecule is CC(C(=O)N1CCN(C(=O)c2ccc(C(F)(F)F)cc2)CC1)n1c(-c2cccs2)n[nH]c1=S. The number of benzene rings is 1. The number of nitrogens with one attached hydrogen (secondary N) is 1. The van der Waals surface area contributed by atoms with E-state index in [0.29, 0.717) is 23.7 Å². The first-order chi connectivity index (χ1) is 15.7. The van der Waals surface area contributed by atoms with E-state index in [1.807, 2.05) is 17.5 Å². The molecule has 174 valence electrons. The fourth-order valence-electron chi connectivity index (χ4n) is 3.73. The molecule has 2 aromatic heterocycles. The summed E-state index contributed by atoms with van der Waals surface area (Å²) in [6.07, 6.45) is -4.45. The molecule has 3 aromatic rings. The molecule has 0 radical (unpaired) electrons. The minimum Gasteiger partial charge on any atom is -0.337 e. The number of halogens is 3. The van der Waals surface area contributed by atoms with Crippen LogP contribution in [0.25, 0.3) is 10.7 Å². The number of alkyl halides is 3. The molecule has 0 spiro atoms. The van der Waals surface area contributed by atoms with Crippen molar-refractivity contribution in [2.75, 3.05) is 26.2 Å². The quantitative estimate of drug-likeness (QED) is 0.550. The summed E-state index contributed by atoms with van der Waals surface area (Å²) < 4.78 is 40.3. The van der Waals surface area contributed by atoms with E-state index in [9.17, 15) is 22.8 Å². The summed E-state index contributed by atoms with van der Waals surface area (Å²) in [5.41, 5.74) is -0.621. The molecular weight excluding hydrogens is 475 g/mol. The molecule has 3 heterocycles. The summed E-state index contributed by atoms with van der Waals surface area (Å²) in [4.78, 5) is 29.9. The largest absolute Gasteiger partial charge is 0.416 e. The van der Waals surface area contributed by atoms with E-state index in [0.717, 1.165) is 17.0 Å². The fourth-order valence-corrected chi connectivity index (χ4v) is 4.73. The molecule has 12 heteroatoms. The lowest BCUT2D eigenvalue weighted by atomic mass is 10.1. The Kier molecular flexibility index (Phi) is 6.39. The Morgan fingerprint density at radius 1 is 1.09 bits per heavy atom. The van der Waals surface area contributed by atoms with Crippen molar-refractivity contribution >= 4 is 35.4 Å². The summed E-state index contributed by atoms with van der Waals surface area (Å²) in [6, 6.07) is 7.35. The molecule has 0 aliphatic carbocycles. The maximum Gasteiger partial charge on any atom is 0.416 e. The van der Waals surface area contributed by atoms with Crippen molar-refractivity contribution < 1.29 is 22.8 Å². The van der Waals surface area contributed by atoms with Gasteiger partial charge in [0, 0.05) is 31.7 Å². The molecule has 0 bridgehead atoms. The van der Waals surface area contributed by atoms with Gasteiger partial charge in [-0.2, -0.15) is 18.3 Å². The zero-order valence-electron chi connectivity index (χ0n) is 17.5. The van der Waals surface area contributed by atoms with Gasteiger partial charge in [0.2, 0.25) is 5.91 Å². The highest BCUT2D eigenvalue weighted by Gasteiger charge is 2.32. The number of hydrogen-bond acceptors (Lipinski definition) is 5. The van der Waals surface area contributed by atoms with Crippen molar-refractivity contribution in [1.29, 1.82) is 0 Å². The van der Waals surface area contributed by atoms with Crippen LogP contribution in [0.15, 0.2) is 41.8 Å². The van der Waals surface area contributed by atoms with Crippen LogP contribution in [0.3, 0.4) is 0 Å². The predicted molar refractivity (Wildman–Crippen MR) is 119 cm³/mol. The van der Waals surface area contributed by atoms with Gasteiger partial charge in [0.05, 0.1) is 10.4 Å².